The van der Waals surface area contributed by atoms with Gasteiger partial charge in [0.2, 0.25) is 5.91 Å². The summed E-state index contributed by atoms with van der Waals surface area (Å²) in [6, 6.07) is 15.1. The fourth-order valence-electron chi connectivity index (χ4n) is 4.83. The molecular weight excluding hydrogens is 540 g/mol. The topological polar surface area (TPSA) is 102 Å². The summed E-state index contributed by atoms with van der Waals surface area (Å²) < 4.78 is 11.9. The number of halogens is 1. The first-order valence-corrected chi connectivity index (χ1v) is 14.0. The number of likely N-dealkylation sites (tertiary alicyclic amines) is 1. The second kappa shape index (κ2) is 13.0. The van der Waals surface area contributed by atoms with E-state index < -0.39 is 0 Å². The van der Waals surface area contributed by atoms with E-state index in [1.165, 1.54) is 6.33 Å². The molecule has 10 heteroatoms. The number of hydrogen-bond acceptors (Lipinski definition) is 8. The Hall–Kier alpha value is -4.21. The van der Waals surface area contributed by atoms with Crippen LogP contribution in [-0.2, 0) is 11.4 Å². The largest absolute Gasteiger partial charge is 0.491 e. The van der Waals surface area contributed by atoms with Crippen LogP contribution < -0.4 is 20.1 Å². The summed E-state index contributed by atoms with van der Waals surface area (Å²) in [5.74, 6) is 1.33. The average molecular weight is 573 g/mol. The maximum Gasteiger partial charge on any atom is 0.248 e. The number of nitrogens with one attached hydrogen (secondary N) is 2. The Kier molecular flexibility index (Phi) is 8.96. The quantitative estimate of drug-likeness (QED) is 0.214. The SMILES string of the molecule is CCOc1c(NC(=O)/C=C/[C@H]2CCCN2C)ccc2ncnc(Nc3ccc(OCc4cccc(C)n4)c(Cl)c3)c12. The second-order valence-corrected chi connectivity index (χ2v) is 10.3. The van der Waals surface area contributed by atoms with Crippen LogP contribution in [0.15, 0.2) is 67.0 Å². The van der Waals surface area contributed by atoms with Gasteiger partial charge in [0.25, 0.3) is 0 Å². The predicted octanol–water partition coefficient (Wildman–Crippen LogP) is 6.30. The number of amides is 1. The van der Waals surface area contributed by atoms with E-state index in [9.17, 15) is 4.79 Å². The van der Waals surface area contributed by atoms with Crippen molar-refractivity contribution >= 4 is 45.6 Å². The van der Waals surface area contributed by atoms with E-state index in [4.69, 9.17) is 21.1 Å². The van der Waals surface area contributed by atoms with E-state index in [2.05, 4.69) is 37.5 Å². The fourth-order valence-corrected chi connectivity index (χ4v) is 5.06. The molecule has 0 saturated carbocycles. The number of anilines is 3. The van der Waals surface area contributed by atoms with Crippen molar-refractivity contribution in [3.05, 3.63) is 83.4 Å². The van der Waals surface area contributed by atoms with Crippen molar-refractivity contribution in [2.24, 2.45) is 0 Å². The summed E-state index contributed by atoms with van der Waals surface area (Å²) in [5.41, 5.74) is 3.67. The Bertz CT molecular complexity index is 1580. The Morgan fingerprint density at radius 2 is 2.05 bits per heavy atom. The van der Waals surface area contributed by atoms with Gasteiger partial charge in [-0.2, -0.15) is 0 Å². The number of benzene rings is 2. The van der Waals surface area contributed by atoms with Crippen molar-refractivity contribution in [3.63, 3.8) is 0 Å². The zero-order chi connectivity index (χ0) is 28.8. The van der Waals surface area contributed by atoms with Crippen molar-refractivity contribution < 1.29 is 14.3 Å². The van der Waals surface area contributed by atoms with Crippen LogP contribution in [0.2, 0.25) is 5.02 Å². The van der Waals surface area contributed by atoms with Crippen molar-refractivity contribution in [3.8, 4) is 11.5 Å². The molecule has 3 heterocycles. The first-order chi connectivity index (χ1) is 19.9. The minimum atomic E-state index is -0.222. The molecule has 1 aliphatic heterocycles. The molecule has 41 heavy (non-hydrogen) atoms. The van der Waals surface area contributed by atoms with Crippen LogP contribution in [0.25, 0.3) is 10.9 Å². The van der Waals surface area contributed by atoms with Gasteiger partial charge in [0, 0.05) is 23.5 Å². The molecule has 1 aliphatic rings. The molecule has 5 rings (SSSR count). The number of likely N-dealkylation sites (N-methyl/N-ethyl adjacent to an activating group) is 1. The summed E-state index contributed by atoms with van der Waals surface area (Å²) in [6.45, 7) is 5.57. The van der Waals surface area contributed by atoms with Gasteiger partial charge in [-0.1, -0.05) is 23.7 Å². The van der Waals surface area contributed by atoms with Crippen LogP contribution in [-0.4, -0.2) is 52.0 Å². The smallest absolute Gasteiger partial charge is 0.248 e. The zero-order valence-electron chi connectivity index (χ0n) is 23.4. The lowest BCUT2D eigenvalue weighted by molar-refractivity contribution is -0.112. The Morgan fingerprint density at radius 1 is 1.17 bits per heavy atom. The minimum absolute atomic E-state index is 0.222. The van der Waals surface area contributed by atoms with Gasteiger partial charge in [0.15, 0.2) is 5.75 Å². The molecule has 0 unspecified atom stereocenters. The third-order valence-electron chi connectivity index (χ3n) is 6.87. The van der Waals surface area contributed by atoms with Crippen LogP contribution in [0.1, 0.15) is 31.2 Å². The number of rotatable bonds is 10. The summed E-state index contributed by atoms with van der Waals surface area (Å²) in [6.07, 6.45) is 7.21. The lowest BCUT2D eigenvalue weighted by Crippen LogP contribution is -2.23. The molecule has 1 saturated heterocycles. The van der Waals surface area contributed by atoms with Crippen LogP contribution in [0.5, 0.6) is 11.5 Å². The van der Waals surface area contributed by atoms with E-state index in [-0.39, 0.29) is 11.9 Å². The normalized spacial score (nSPS) is 15.4. The second-order valence-electron chi connectivity index (χ2n) is 9.86. The summed E-state index contributed by atoms with van der Waals surface area (Å²) in [5, 5.41) is 7.39. The van der Waals surface area contributed by atoms with Gasteiger partial charge in [-0.25, -0.2) is 9.97 Å². The van der Waals surface area contributed by atoms with E-state index in [0.29, 0.717) is 57.8 Å². The maximum absolute atomic E-state index is 12.8. The summed E-state index contributed by atoms with van der Waals surface area (Å²) in [4.78, 5) is 28.4. The van der Waals surface area contributed by atoms with Gasteiger partial charge in [0.05, 0.1) is 33.9 Å². The first kappa shape index (κ1) is 28.3. The molecule has 4 aromatic rings. The molecule has 0 radical (unpaired) electrons. The molecule has 9 nitrogen and oxygen atoms in total. The monoisotopic (exact) mass is 572 g/mol. The molecule has 1 fully saturated rings. The summed E-state index contributed by atoms with van der Waals surface area (Å²) in [7, 11) is 2.07. The van der Waals surface area contributed by atoms with E-state index in [0.717, 1.165) is 30.8 Å². The molecule has 2 aromatic carbocycles. The van der Waals surface area contributed by atoms with Crippen LogP contribution in [0.4, 0.5) is 17.2 Å². The number of aromatic nitrogens is 3. The number of carbonyl (C=O) groups is 1. The van der Waals surface area contributed by atoms with Gasteiger partial charge in [-0.3, -0.25) is 14.7 Å². The van der Waals surface area contributed by atoms with Gasteiger partial charge >= 0.3 is 0 Å². The highest BCUT2D eigenvalue weighted by atomic mass is 35.5. The molecule has 2 aromatic heterocycles. The highest BCUT2D eigenvalue weighted by molar-refractivity contribution is 6.32. The number of fused-ring (bicyclic) bond motifs is 1. The Morgan fingerprint density at radius 3 is 2.80 bits per heavy atom. The van der Waals surface area contributed by atoms with Crippen LogP contribution in [0, 0.1) is 6.92 Å². The summed E-state index contributed by atoms with van der Waals surface area (Å²) >= 11 is 6.56. The molecule has 0 aliphatic carbocycles. The number of aryl methyl sites for hydroxylation is 1. The van der Waals surface area contributed by atoms with Crippen LogP contribution >= 0.6 is 11.6 Å². The van der Waals surface area contributed by atoms with Crippen molar-refractivity contribution in [1.29, 1.82) is 0 Å². The fraction of sp³-hybridized carbons (Fsp3) is 0.290. The molecule has 1 atom stereocenters. The van der Waals surface area contributed by atoms with Crippen molar-refractivity contribution in [1.82, 2.24) is 19.9 Å². The predicted molar refractivity (Wildman–Crippen MR) is 162 cm³/mol. The van der Waals surface area contributed by atoms with Gasteiger partial charge < -0.3 is 20.1 Å². The number of nitrogens with zero attached hydrogens (tertiary/aromatic N) is 4. The minimum Gasteiger partial charge on any atom is -0.491 e. The molecule has 212 valence electrons. The third kappa shape index (κ3) is 6.93. The number of carbonyl (C=O) groups excluding carboxylic acids is 1. The van der Waals surface area contributed by atoms with Gasteiger partial charge in [0.1, 0.15) is 24.5 Å². The van der Waals surface area contributed by atoms with E-state index >= 15 is 0 Å². The van der Waals surface area contributed by atoms with E-state index in [1.54, 1.807) is 24.3 Å². The average Bonchev–Trinajstić information content (AvgIpc) is 3.37. The third-order valence-corrected chi connectivity index (χ3v) is 7.16. The lowest BCUT2D eigenvalue weighted by Gasteiger charge is -2.17. The first-order valence-electron chi connectivity index (χ1n) is 13.6. The molecule has 1 amide bonds. The number of ether oxygens (including phenoxy) is 2. The maximum atomic E-state index is 12.8. The molecule has 2 N–H and O–H groups in total. The Labute approximate surface area is 244 Å². The number of hydrogen-bond donors (Lipinski definition) is 2. The van der Waals surface area contributed by atoms with Crippen LogP contribution in [0.3, 0.4) is 0 Å². The van der Waals surface area contributed by atoms with Crippen molar-refractivity contribution in [2.45, 2.75) is 39.3 Å². The molecular formula is C31H33ClN6O3. The lowest BCUT2D eigenvalue weighted by atomic mass is 10.1. The Balaban J connectivity index is 1.37. The highest BCUT2D eigenvalue weighted by Crippen LogP contribution is 2.38. The van der Waals surface area contributed by atoms with Gasteiger partial charge in [-0.05, 0) is 82.7 Å². The zero-order valence-corrected chi connectivity index (χ0v) is 24.1. The van der Waals surface area contributed by atoms with Gasteiger partial charge in [-0.15, -0.1) is 0 Å². The van der Waals surface area contributed by atoms with E-state index in [1.807, 2.05) is 50.3 Å². The highest BCUT2D eigenvalue weighted by Gasteiger charge is 2.19. The molecule has 0 bridgehead atoms. The number of pyridine rings is 1. The van der Waals surface area contributed by atoms with Crippen molar-refractivity contribution in [2.75, 3.05) is 30.8 Å². The molecule has 0 spiro atoms. The standard InChI is InChI=1S/C31H33ClN6O3/c1-4-40-30-26(37-28(39)15-11-23-9-6-16-38(23)3)13-12-25-29(30)31(34-19-33-25)36-21-10-14-27(24(32)17-21)41-18-22-8-5-7-20(2)35-22/h5,7-8,10-15,17,19,23H,4,6,9,16,18H2,1-3H3,(H,37,39)(H,33,34,36)/b15-11+/t23-/m1/s1.